The van der Waals surface area contributed by atoms with E-state index in [0.29, 0.717) is 12.2 Å². The molecule has 0 saturated heterocycles. The molecule has 1 N–H and O–H groups in total. The minimum Gasteiger partial charge on any atom is -0.496 e. The number of benzene rings is 2. The van der Waals surface area contributed by atoms with Crippen LogP contribution >= 0.6 is 0 Å². The van der Waals surface area contributed by atoms with Crippen LogP contribution in [0.2, 0.25) is 0 Å². The summed E-state index contributed by atoms with van der Waals surface area (Å²) in [7, 11) is -2.28. The third-order valence-electron chi connectivity index (χ3n) is 3.62. The Hall–Kier alpha value is -2.45. The van der Waals surface area contributed by atoms with Crippen molar-refractivity contribution < 1.29 is 18.1 Å². The van der Waals surface area contributed by atoms with Crippen LogP contribution in [0.5, 0.6) is 5.75 Å². The summed E-state index contributed by atoms with van der Waals surface area (Å²) in [5.41, 5.74) is 0.772. The highest BCUT2D eigenvalue weighted by Gasteiger charge is 2.22. The number of hydrogen-bond donors (Lipinski definition) is 1. The van der Waals surface area contributed by atoms with Gasteiger partial charge in [-0.15, -0.1) is 0 Å². The van der Waals surface area contributed by atoms with Crippen LogP contribution in [0, 0.1) is 17.0 Å². The second-order valence-corrected chi connectivity index (χ2v) is 6.85. The lowest BCUT2D eigenvalue weighted by atomic mass is 10.1. The monoisotopic (exact) mass is 350 g/mol. The van der Waals surface area contributed by atoms with E-state index in [9.17, 15) is 18.5 Å². The van der Waals surface area contributed by atoms with Gasteiger partial charge in [0, 0.05) is 18.2 Å². The van der Waals surface area contributed by atoms with Crippen LogP contribution in [0.25, 0.3) is 0 Å². The normalized spacial score (nSPS) is 11.2. The van der Waals surface area contributed by atoms with E-state index in [-0.39, 0.29) is 22.7 Å². The summed E-state index contributed by atoms with van der Waals surface area (Å²) >= 11 is 0. The molecule has 128 valence electrons. The predicted molar refractivity (Wildman–Crippen MR) is 89.7 cm³/mol. The maximum absolute atomic E-state index is 12.4. The first-order valence-electron chi connectivity index (χ1n) is 7.22. The van der Waals surface area contributed by atoms with Crippen molar-refractivity contribution in [3.63, 3.8) is 0 Å². The number of nitro groups is 1. The highest BCUT2D eigenvalue weighted by atomic mass is 32.2. The molecule has 0 aliphatic rings. The van der Waals surface area contributed by atoms with Crippen LogP contribution in [-0.2, 0) is 16.4 Å². The van der Waals surface area contributed by atoms with E-state index in [1.54, 1.807) is 13.2 Å². The number of nitro benzene ring substituents is 1. The third-order valence-corrected chi connectivity index (χ3v) is 5.23. The number of hydrogen-bond acceptors (Lipinski definition) is 5. The van der Waals surface area contributed by atoms with Gasteiger partial charge in [-0.2, -0.15) is 0 Å². The van der Waals surface area contributed by atoms with Gasteiger partial charge in [-0.3, -0.25) is 10.1 Å². The van der Waals surface area contributed by atoms with Gasteiger partial charge in [-0.1, -0.05) is 24.3 Å². The molecule has 0 saturated carbocycles. The molecule has 7 nitrogen and oxygen atoms in total. The number of methoxy groups -OCH3 is 1. The van der Waals surface area contributed by atoms with Gasteiger partial charge in [-0.25, -0.2) is 13.1 Å². The molecule has 2 rings (SSSR count). The van der Waals surface area contributed by atoms with Gasteiger partial charge in [0.1, 0.15) is 5.75 Å². The molecule has 0 bridgehead atoms. The maximum atomic E-state index is 12.4. The molecule has 0 heterocycles. The number of para-hydroxylation sites is 1. The summed E-state index contributed by atoms with van der Waals surface area (Å²) in [5.74, 6) is 0.684. The Morgan fingerprint density at radius 2 is 1.88 bits per heavy atom. The molecule has 2 aromatic carbocycles. The fourth-order valence-corrected chi connectivity index (χ4v) is 3.69. The van der Waals surface area contributed by atoms with E-state index in [1.807, 2.05) is 18.2 Å². The van der Waals surface area contributed by atoms with Gasteiger partial charge >= 0.3 is 0 Å². The van der Waals surface area contributed by atoms with Crippen molar-refractivity contribution in [1.29, 1.82) is 0 Å². The topological polar surface area (TPSA) is 98.5 Å². The zero-order chi connectivity index (χ0) is 17.7. The predicted octanol–water partition coefficient (Wildman–Crippen LogP) is 2.43. The second kappa shape index (κ2) is 7.41. The molecule has 0 amide bonds. The third kappa shape index (κ3) is 3.90. The van der Waals surface area contributed by atoms with Crippen LogP contribution in [-0.4, -0.2) is 27.0 Å². The molecule has 0 aliphatic carbocycles. The van der Waals surface area contributed by atoms with Crippen LogP contribution in [0.3, 0.4) is 0 Å². The SMILES string of the molecule is COc1ccccc1CCNS(=O)(=O)c1cccc([N+](=O)[O-])c1C. The molecule has 0 aromatic heterocycles. The minimum absolute atomic E-state index is 0.0864. The van der Waals surface area contributed by atoms with Gasteiger partial charge in [0.2, 0.25) is 10.0 Å². The van der Waals surface area contributed by atoms with Crippen LogP contribution in [0.1, 0.15) is 11.1 Å². The summed E-state index contributed by atoms with van der Waals surface area (Å²) in [6.07, 6.45) is 0.442. The summed E-state index contributed by atoms with van der Waals surface area (Å²) in [4.78, 5) is 10.3. The number of rotatable bonds is 7. The van der Waals surface area contributed by atoms with Crippen LogP contribution < -0.4 is 9.46 Å². The highest BCUT2D eigenvalue weighted by molar-refractivity contribution is 7.89. The largest absolute Gasteiger partial charge is 0.496 e. The molecule has 24 heavy (non-hydrogen) atoms. The summed E-state index contributed by atoms with van der Waals surface area (Å²) in [6, 6.07) is 11.3. The first-order valence-corrected chi connectivity index (χ1v) is 8.70. The van der Waals surface area contributed by atoms with E-state index in [0.717, 1.165) is 5.56 Å². The van der Waals surface area contributed by atoms with Gasteiger partial charge in [-0.05, 0) is 31.0 Å². The van der Waals surface area contributed by atoms with Gasteiger partial charge in [0.05, 0.1) is 16.9 Å². The van der Waals surface area contributed by atoms with E-state index in [2.05, 4.69) is 4.72 Å². The fourth-order valence-electron chi connectivity index (χ4n) is 2.40. The van der Waals surface area contributed by atoms with E-state index >= 15 is 0 Å². The molecule has 0 atom stereocenters. The number of nitrogens with one attached hydrogen (secondary N) is 1. The Kier molecular flexibility index (Phi) is 5.53. The minimum atomic E-state index is -3.83. The average molecular weight is 350 g/mol. The van der Waals surface area contributed by atoms with Crippen LogP contribution in [0.15, 0.2) is 47.4 Å². The molecule has 0 fully saturated rings. The van der Waals surface area contributed by atoms with Crippen molar-refractivity contribution in [1.82, 2.24) is 4.72 Å². The Balaban J connectivity index is 2.15. The molecule has 0 radical (unpaired) electrons. The zero-order valence-corrected chi connectivity index (χ0v) is 14.2. The van der Waals surface area contributed by atoms with Crippen molar-refractivity contribution in [2.45, 2.75) is 18.2 Å². The lowest BCUT2D eigenvalue weighted by Gasteiger charge is -2.11. The first-order chi connectivity index (χ1) is 11.4. The second-order valence-electron chi connectivity index (χ2n) is 5.12. The summed E-state index contributed by atoms with van der Waals surface area (Å²) in [6.45, 7) is 1.58. The maximum Gasteiger partial charge on any atom is 0.273 e. The Morgan fingerprint density at radius 1 is 1.17 bits per heavy atom. The standard InChI is InChI=1S/C16H18N2O5S/c1-12-14(18(19)20)7-5-9-16(12)24(21,22)17-11-10-13-6-3-4-8-15(13)23-2/h3-9,17H,10-11H2,1-2H3. The van der Waals surface area contributed by atoms with Crippen LogP contribution in [0.4, 0.5) is 5.69 Å². The van der Waals surface area contributed by atoms with E-state index in [1.165, 1.54) is 25.1 Å². The number of nitrogens with zero attached hydrogens (tertiary/aromatic N) is 1. The Bertz CT molecular complexity index is 849. The molecule has 2 aromatic rings. The lowest BCUT2D eigenvalue weighted by molar-refractivity contribution is -0.385. The van der Waals surface area contributed by atoms with Crippen molar-refractivity contribution in [3.8, 4) is 5.75 Å². The highest BCUT2D eigenvalue weighted by Crippen LogP contribution is 2.24. The zero-order valence-electron chi connectivity index (χ0n) is 13.4. The van der Waals surface area contributed by atoms with Crippen molar-refractivity contribution in [3.05, 3.63) is 63.7 Å². The molecular weight excluding hydrogens is 332 g/mol. The average Bonchev–Trinajstić information content (AvgIpc) is 2.54. The summed E-state index contributed by atoms with van der Waals surface area (Å²) in [5, 5.41) is 10.9. The van der Waals surface area contributed by atoms with E-state index in [4.69, 9.17) is 4.74 Å². The van der Waals surface area contributed by atoms with Gasteiger partial charge in [0.15, 0.2) is 0 Å². The smallest absolute Gasteiger partial charge is 0.273 e. The first kappa shape index (κ1) is 17.9. The lowest BCUT2D eigenvalue weighted by Crippen LogP contribution is -2.26. The number of sulfonamides is 1. The molecule has 0 spiro atoms. The van der Waals surface area contributed by atoms with Gasteiger partial charge < -0.3 is 4.74 Å². The molecule has 0 unspecified atom stereocenters. The quantitative estimate of drug-likeness (QED) is 0.611. The molecule has 8 heteroatoms. The molecule has 0 aliphatic heterocycles. The van der Waals surface area contributed by atoms with Crippen molar-refractivity contribution in [2.24, 2.45) is 0 Å². The van der Waals surface area contributed by atoms with Crippen molar-refractivity contribution in [2.75, 3.05) is 13.7 Å². The van der Waals surface area contributed by atoms with Gasteiger partial charge in [0.25, 0.3) is 5.69 Å². The number of ether oxygens (including phenoxy) is 1. The Morgan fingerprint density at radius 3 is 2.54 bits per heavy atom. The fraction of sp³-hybridized carbons (Fsp3) is 0.250. The van der Waals surface area contributed by atoms with E-state index < -0.39 is 14.9 Å². The van der Waals surface area contributed by atoms with Crippen molar-refractivity contribution >= 4 is 15.7 Å². The molecular formula is C16H18N2O5S. The Labute approximate surface area is 140 Å². The summed E-state index contributed by atoms with van der Waals surface area (Å²) < 4.78 is 32.5.